The molecule has 4 N–H and O–H groups in total. The number of benzene rings is 1. The number of nitrogens with one attached hydrogen (secondary N) is 2. The van der Waals surface area contributed by atoms with E-state index in [4.69, 9.17) is 5.73 Å². The summed E-state index contributed by atoms with van der Waals surface area (Å²) < 4.78 is 1.57. The Bertz CT molecular complexity index is 658. The van der Waals surface area contributed by atoms with E-state index in [1.54, 1.807) is 61.3 Å². The zero-order chi connectivity index (χ0) is 16.1. The van der Waals surface area contributed by atoms with E-state index in [1.807, 2.05) is 0 Å². The highest BCUT2D eigenvalue weighted by Gasteiger charge is 2.15. The van der Waals surface area contributed by atoms with Crippen LogP contribution in [0.4, 0.5) is 11.4 Å². The number of nitrogens with zero attached hydrogens (tertiary/aromatic N) is 2. The zero-order valence-electron chi connectivity index (χ0n) is 12.9. The number of rotatable bonds is 5. The molecule has 2 rings (SSSR count). The number of amides is 2. The second-order valence-electron chi connectivity index (χ2n) is 5.01. The number of aromatic nitrogens is 2. The average molecular weight is 338 g/mol. The lowest BCUT2D eigenvalue weighted by Gasteiger charge is -2.14. The predicted molar refractivity (Wildman–Crippen MR) is 91.5 cm³/mol. The molecule has 0 spiro atoms. The van der Waals surface area contributed by atoms with Crippen molar-refractivity contribution in [3.8, 4) is 0 Å². The van der Waals surface area contributed by atoms with Gasteiger partial charge in [0.1, 0.15) is 6.04 Å². The summed E-state index contributed by atoms with van der Waals surface area (Å²) in [6.07, 6.45) is 3.34. The van der Waals surface area contributed by atoms with Crippen LogP contribution in [0.1, 0.15) is 19.9 Å². The van der Waals surface area contributed by atoms with E-state index >= 15 is 0 Å². The summed E-state index contributed by atoms with van der Waals surface area (Å²) in [6, 6.07) is 7.62. The highest BCUT2D eigenvalue weighted by molar-refractivity contribution is 5.96. The third-order valence-corrected chi connectivity index (χ3v) is 3.11. The molecule has 124 valence electrons. The van der Waals surface area contributed by atoms with Crippen LogP contribution >= 0.6 is 12.4 Å². The lowest BCUT2D eigenvalue weighted by Crippen LogP contribution is -2.32. The molecule has 0 aliphatic carbocycles. The molecule has 2 amide bonds. The fourth-order valence-corrected chi connectivity index (χ4v) is 1.81. The van der Waals surface area contributed by atoms with Gasteiger partial charge >= 0.3 is 0 Å². The largest absolute Gasteiger partial charge is 0.325 e. The van der Waals surface area contributed by atoms with Gasteiger partial charge in [0.05, 0.1) is 6.04 Å². The number of nitrogens with two attached hydrogens (primary N) is 1. The van der Waals surface area contributed by atoms with Gasteiger partial charge in [-0.1, -0.05) is 6.07 Å². The molecule has 8 heteroatoms. The van der Waals surface area contributed by atoms with Gasteiger partial charge in [-0.2, -0.15) is 5.10 Å². The van der Waals surface area contributed by atoms with E-state index in [-0.39, 0.29) is 24.2 Å². The molecule has 1 heterocycles. The van der Waals surface area contributed by atoms with Gasteiger partial charge in [0.2, 0.25) is 11.8 Å². The number of hydrogen-bond donors (Lipinski definition) is 3. The van der Waals surface area contributed by atoms with E-state index in [1.165, 1.54) is 0 Å². The molecule has 7 nitrogen and oxygen atoms in total. The van der Waals surface area contributed by atoms with Gasteiger partial charge in [-0.05, 0) is 38.1 Å². The molecule has 0 saturated heterocycles. The Morgan fingerprint density at radius 1 is 1.13 bits per heavy atom. The summed E-state index contributed by atoms with van der Waals surface area (Å²) in [4.78, 5) is 23.7. The fourth-order valence-electron chi connectivity index (χ4n) is 1.81. The summed E-state index contributed by atoms with van der Waals surface area (Å²) in [5, 5.41) is 9.51. The van der Waals surface area contributed by atoms with Gasteiger partial charge in [0, 0.05) is 23.8 Å². The summed E-state index contributed by atoms with van der Waals surface area (Å²) >= 11 is 0. The molecule has 0 bridgehead atoms. The second kappa shape index (κ2) is 8.30. The topological polar surface area (TPSA) is 102 Å². The van der Waals surface area contributed by atoms with Gasteiger partial charge in [-0.3, -0.25) is 14.3 Å². The smallest absolute Gasteiger partial charge is 0.248 e. The maximum atomic E-state index is 12.2. The van der Waals surface area contributed by atoms with Crippen LogP contribution in [-0.4, -0.2) is 27.6 Å². The Labute approximate surface area is 140 Å². The van der Waals surface area contributed by atoms with Gasteiger partial charge < -0.3 is 16.4 Å². The maximum absolute atomic E-state index is 12.2. The first-order chi connectivity index (χ1) is 10.5. The molecule has 0 radical (unpaired) electrons. The fraction of sp³-hybridized carbons (Fsp3) is 0.267. The maximum Gasteiger partial charge on any atom is 0.248 e. The summed E-state index contributed by atoms with van der Waals surface area (Å²) in [5.41, 5.74) is 6.67. The molecule has 0 fully saturated rings. The lowest BCUT2D eigenvalue weighted by atomic mass is 10.2. The van der Waals surface area contributed by atoms with E-state index in [2.05, 4.69) is 15.7 Å². The molecular weight excluding hydrogens is 318 g/mol. The lowest BCUT2D eigenvalue weighted by molar-refractivity contribution is -0.119. The van der Waals surface area contributed by atoms with E-state index in [0.29, 0.717) is 11.4 Å². The summed E-state index contributed by atoms with van der Waals surface area (Å²) in [7, 11) is 0. The van der Waals surface area contributed by atoms with Crippen LogP contribution in [0.3, 0.4) is 0 Å². The number of anilines is 2. The van der Waals surface area contributed by atoms with Gasteiger partial charge in [-0.25, -0.2) is 0 Å². The third kappa shape index (κ3) is 5.08. The molecule has 2 atom stereocenters. The molecule has 1 aromatic heterocycles. The molecule has 1 aromatic carbocycles. The Morgan fingerprint density at radius 2 is 1.74 bits per heavy atom. The Kier molecular flexibility index (Phi) is 6.74. The third-order valence-electron chi connectivity index (χ3n) is 3.11. The quantitative estimate of drug-likeness (QED) is 0.774. The SMILES string of the molecule is CC(N)C(=O)Nc1cccc(NC(=O)C(C)n2cccn2)c1.Cl. The van der Waals surface area contributed by atoms with Crippen LogP contribution in [0.2, 0.25) is 0 Å². The monoisotopic (exact) mass is 337 g/mol. The van der Waals surface area contributed by atoms with Crippen molar-refractivity contribution in [2.45, 2.75) is 25.9 Å². The van der Waals surface area contributed by atoms with Gasteiger partial charge in [-0.15, -0.1) is 12.4 Å². The first-order valence-corrected chi connectivity index (χ1v) is 6.94. The molecule has 0 aliphatic rings. The van der Waals surface area contributed by atoms with Crippen molar-refractivity contribution in [2.24, 2.45) is 5.73 Å². The Balaban J connectivity index is 0.00000264. The zero-order valence-corrected chi connectivity index (χ0v) is 13.7. The molecular formula is C15H20ClN5O2. The second-order valence-corrected chi connectivity index (χ2v) is 5.01. The van der Waals surface area contributed by atoms with Gasteiger partial charge in [0.25, 0.3) is 0 Å². The Hall–Kier alpha value is -2.38. The highest BCUT2D eigenvalue weighted by atomic mass is 35.5. The first-order valence-electron chi connectivity index (χ1n) is 6.94. The minimum atomic E-state index is -0.599. The van der Waals surface area contributed by atoms with Crippen LogP contribution in [0.25, 0.3) is 0 Å². The van der Waals surface area contributed by atoms with Crippen LogP contribution in [0.15, 0.2) is 42.7 Å². The molecule has 0 aliphatic heterocycles. The van der Waals surface area contributed by atoms with Crippen molar-refractivity contribution < 1.29 is 9.59 Å². The normalized spacial score (nSPS) is 12.7. The van der Waals surface area contributed by atoms with Gasteiger partial charge in [0.15, 0.2) is 0 Å². The van der Waals surface area contributed by atoms with Crippen molar-refractivity contribution in [2.75, 3.05) is 10.6 Å². The van der Waals surface area contributed by atoms with Crippen molar-refractivity contribution in [1.29, 1.82) is 0 Å². The molecule has 2 aromatic rings. The summed E-state index contributed by atoms with van der Waals surface area (Å²) in [5.74, 6) is -0.479. The molecule has 0 saturated carbocycles. The standard InChI is InChI=1S/C15H19N5O2.ClH/c1-10(16)14(21)18-12-5-3-6-13(9-12)19-15(22)11(2)20-8-4-7-17-20;/h3-11H,16H2,1-2H3,(H,18,21)(H,19,22);1H. The van der Waals surface area contributed by atoms with Crippen LogP contribution in [0.5, 0.6) is 0 Å². The van der Waals surface area contributed by atoms with Crippen molar-refractivity contribution >= 4 is 35.6 Å². The summed E-state index contributed by atoms with van der Waals surface area (Å²) in [6.45, 7) is 3.36. The minimum absolute atomic E-state index is 0. The molecule has 2 unspecified atom stereocenters. The van der Waals surface area contributed by atoms with Crippen LogP contribution in [-0.2, 0) is 9.59 Å². The first kappa shape index (κ1) is 18.7. The van der Waals surface area contributed by atoms with E-state index < -0.39 is 12.1 Å². The molecule has 23 heavy (non-hydrogen) atoms. The number of hydrogen-bond acceptors (Lipinski definition) is 4. The average Bonchev–Trinajstić information content (AvgIpc) is 3.00. The van der Waals surface area contributed by atoms with E-state index in [9.17, 15) is 9.59 Å². The predicted octanol–water partition coefficient (Wildman–Crippen LogP) is 1.79. The van der Waals surface area contributed by atoms with Crippen molar-refractivity contribution in [1.82, 2.24) is 9.78 Å². The van der Waals surface area contributed by atoms with Crippen LogP contribution in [0, 0.1) is 0 Å². The van der Waals surface area contributed by atoms with Crippen molar-refractivity contribution in [3.05, 3.63) is 42.7 Å². The number of carbonyl (C=O) groups is 2. The minimum Gasteiger partial charge on any atom is -0.325 e. The Morgan fingerprint density at radius 3 is 2.26 bits per heavy atom. The highest BCUT2D eigenvalue weighted by Crippen LogP contribution is 2.17. The van der Waals surface area contributed by atoms with Crippen molar-refractivity contribution in [3.63, 3.8) is 0 Å². The van der Waals surface area contributed by atoms with Crippen LogP contribution < -0.4 is 16.4 Å². The number of halogens is 1. The number of carbonyl (C=O) groups excluding carboxylic acids is 2. The van der Waals surface area contributed by atoms with E-state index in [0.717, 1.165) is 0 Å².